The van der Waals surface area contributed by atoms with Gasteiger partial charge >= 0.3 is 12.2 Å². The molecule has 0 saturated carbocycles. The fourth-order valence-corrected chi connectivity index (χ4v) is 5.37. The SMILES string of the molecule is Cc1ccc(NC(=O)N2CCC(CC(F)(F)F)C2)cc1-c1cc(N2CCOCC2)nc(N2CCC(O)C2=O)c1. The summed E-state index contributed by atoms with van der Waals surface area (Å²) in [4.78, 5) is 35.2. The molecule has 9 nitrogen and oxygen atoms in total. The van der Waals surface area contributed by atoms with E-state index in [1.807, 2.05) is 25.1 Å². The first kappa shape index (κ1) is 27.2. The maximum atomic E-state index is 12.9. The molecule has 3 aliphatic rings. The number of amides is 3. The number of halogens is 3. The van der Waals surface area contributed by atoms with Crippen molar-refractivity contribution in [1.82, 2.24) is 9.88 Å². The van der Waals surface area contributed by atoms with E-state index in [0.717, 1.165) is 16.7 Å². The smallest absolute Gasteiger partial charge is 0.383 e. The number of urea groups is 1. The molecular formula is C27H32F3N5O4. The molecule has 1 aromatic heterocycles. The van der Waals surface area contributed by atoms with Crippen molar-refractivity contribution in [3.8, 4) is 11.1 Å². The number of nitrogens with one attached hydrogen (secondary N) is 1. The minimum atomic E-state index is -4.25. The molecule has 0 radical (unpaired) electrons. The van der Waals surface area contributed by atoms with Gasteiger partial charge in [-0.05, 0) is 60.2 Å². The molecule has 2 atom stereocenters. The zero-order valence-electron chi connectivity index (χ0n) is 21.7. The summed E-state index contributed by atoms with van der Waals surface area (Å²) in [6.07, 6.45) is -5.54. The van der Waals surface area contributed by atoms with Gasteiger partial charge in [-0.3, -0.25) is 9.69 Å². The number of hydrogen-bond donors (Lipinski definition) is 2. The van der Waals surface area contributed by atoms with Crippen LogP contribution in [0.5, 0.6) is 0 Å². The van der Waals surface area contributed by atoms with Gasteiger partial charge in [-0.1, -0.05) is 6.07 Å². The molecule has 0 bridgehead atoms. The van der Waals surface area contributed by atoms with Crippen LogP contribution in [0.3, 0.4) is 0 Å². The van der Waals surface area contributed by atoms with Crippen LogP contribution < -0.4 is 15.1 Å². The first-order chi connectivity index (χ1) is 18.6. The number of aromatic nitrogens is 1. The summed E-state index contributed by atoms with van der Waals surface area (Å²) in [5.74, 6) is 0.142. The Morgan fingerprint density at radius 2 is 1.85 bits per heavy atom. The van der Waals surface area contributed by atoms with Crippen LogP contribution >= 0.6 is 0 Å². The summed E-state index contributed by atoms with van der Waals surface area (Å²) in [6, 6.07) is 8.74. The molecule has 2 aromatic rings. The van der Waals surface area contributed by atoms with Crippen molar-refractivity contribution in [1.29, 1.82) is 0 Å². The van der Waals surface area contributed by atoms with E-state index >= 15 is 0 Å². The Bertz CT molecular complexity index is 1230. The van der Waals surface area contributed by atoms with Crippen LogP contribution in [0.15, 0.2) is 30.3 Å². The molecule has 3 amide bonds. The average Bonchev–Trinajstić information content (AvgIpc) is 3.50. The van der Waals surface area contributed by atoms with Gasteiger partial charge in [0.05, 0.1) is 13.2 Å². The van der Waals surface area contributed by atoms with Crippen molar-refractivity contribution in [3.63, 3.8) is 0 Å². The lowest BCUT2D eigenvalue weighted by Gasteiger charge is -2.29. The molecule has 3 aliphatic heterocycles. The molecule has 210 valence electrons. The van der Waals surface area contributed by atoms with Crippen LogP contribution in [0, 0.1) is 12.8 Å². The van der Waals surface area contributed by atoms with Crippen molar-refractivity contribution in [3.05, 3.63) is 35.9 Å². The number of likely N-dealkylation sites (tertiary alicyclic amines) is 1. The van der Waals surface area contributed by atoms with Gasteiger partial charge in [-0.15, -0.1) is 0 Å². The first-order valence-corrected chi connectivity index (χ1v) is 13.2. The molecule has 12 heteroatoms. The van der Waals surface area contributed by atoms with Crippen molar-refractivity contribution in [2.75, 3.05) is 61.1 Å². The largest absolute Gasteiger partial charge is 0.389 e. The maximum Gasteiger partial charge on any atom is 0.389 e. The average molecular weight is 548 g/mol. The van der Waals surface area contributed by atoms with E-state index in [4.69, 9.17) is 9.72 Å². The number of aliphatic hydroxyl groups is 1. The topological polar surface area (TPSA) is 98.2 Å². The van der Waals surface area contributed by atoms with Gasteiger partial charge in [0.25, 0.3) is 5.91 Å². The zero-order valence-corrected chi connectivity index (χ0v) is 21.7. The van der Waals surface area contributed by atoms with Crippen LogP contribution in [0.25, 0.3) is 11.1 Å². The van der Waals surface area contributed by atoms with Gasteiger partial charge in [0.2, 0.25) is 0 Å². The highest BCUT2D eigenvalue weighted by molar-refractivity contribution is 5.98. The third-order valence-electron chi connectivity index (χ3n) is 7.48. The van der Waals surface area contributed by atoms with Gasteiger partial charge in [0, 0.05) is 51.3 Å². The third kappa shape index (κ3) is 6.27. The molecule has 2 N–H and O–H groups in total. The fourth-order valence-electron chi connectivity index (χ4n) is 5.37. The van der Waals surface area contributed by atoms with E-state index in [-0.39, 0.29) is 19.0 Å². The second kappa shape index (κ2) is 11.0. The second-order valence-corrected chi connectivity index (χ2v) is 10.3. The molecule has 1 aromatic carbocycles. The summed E-state index contributed by atoms with van der Waals surface area (Å²) in [5, 5.41) is 12.8. The highest BCUT2D eigenvalue weighted by Crippen LogP contribution is 2.34. The lowest BCUT2D eigenvalue weighted by Crippen LogP contribution is -2.37. The predicted octanol–water partition coefficient (Wildman–Crippen LogP) is 3.80. The number of alkyl halides is 3. The van der Waals surface area contributed by atoms with Gasteiger partial charge in [-0.2, -0.15) is 13.2 Å². The number of morpholine rings is 1. The molecule has 39 heavy (non-hydrogen) atoms. The van der Waals surface area contributed by atoms with Crippen LogP contribution in [0.1, 0.15) is 24.8 Å². The Balaban J connectivity index is 1.40. The number of nitrogens with zero attached hydrogens (tertiary/aromatic N) is 4. The van der Waals surface area contributed by atoms with E-state index in [0.29, 0.717) is 63.0 Å². The van der Waals surface area contributed by atoms with Crippen molar-refractivity contribution >= 4 is 29.3 Å². The monoisotopic (exact) mass is 547 g/mol. The van der Waals surface area contributed by atoms with Gasteiger partial charge < -0.3 is 25.0 Å². The second-order valence-electron chi connectivity index (χ2n) is 10.3. The molecule has 2 unspecified atom stereocenters. The summed E-state index contributed by atoms with van der Waals surface area (Å²) in [6.45, 7) is 5.04. The Kier molecular flexibility index (Phi) is 7.68. The van der Waals surface area contributed by atoms with E-state index in [9.17, 15) is 27.9 Å². The van der Waals surface area contributed by atoms with E-state index in [1.54, 1.807) is 12.1 Å². The lowest BCUT2D eigenvalue weighted by molar-refractivity contribution is -0.143. The first-order valence-electron chi connectivity index (χ1n) is 13.2. The third-order valence-corrected chi connectivity index (χ3v) is 7.48. The number of hydrogen-bond acceptors (Lipinski definition) is 6. The van der Waals surface area contributed by atoms with E-state index in [2.05, 4.69) is 10.2 Å². The molecule has 3 fully saturated rings. The van der Waals surface area contributed by atoms with Gasteiger partial charge in [-0.25, -0.2) is 9.78 Å². The zero-order chi connectivity index (χ0) is 27.7. The number of carbonyl (C=O) groups excluding carboxylic acids is 2. The number of ether oxygens (including phenoxy) is 1. The maximum absolute atomic E-state index is 12.9. The van der Waals surface area contributed by atoms with Crippen molar-refractivity contribution in [2.24, 2.45) is 5.92 Å². The van der Waals surface area contributed by atoms with Crippen molar-refractivity contribution < 1.29 is 32.6 Å². The molecule has 0 aliphatic carbocycles. The summed E-state index contributed by atoms with van der Waals surface area (Å²) < 4.78 is 43.8. The highest BCUT2D eigenvalue weighted by Gasteiger charge is 2.36. The highest BCUT2D eigenvalue weighted by atomic mass is 19.4. The predicted molar refractivity (Wildman–Crippen MR) is 140 cm³/mol. The molecule has 3 saturated heterocycles. The molecule has 4 heterocycles. The summed E-state index contributed by atoms with van der Waals surface area (Å²) >= 11 is 0. The Morgan fingerprint density at radius 3 is 2.54 bits per heavy atom. The quantitative estimate of drug-likeness (QED) is 0.591. The molecule has 5 rings (SSSR count). The van der Waals surface area contributed by atoms with E-state index in [1.165, 1.54) is 9.80 Å². The Morgan fingerprint density at radius 1 is 1.10 bits per heavy atom. The summed E-state index contributed by atoms with van der Waals surface area (Å²) in [5.41, 5.74) is 3.04. The van der Waals surface area contributed by atoms with Gasteiger partial charge in [0.1, 0.15) is 17.7 Å². The van der Waals surface area contributed by atoms with Crippen LogP contribution in [-0.2, 0) is 9.53 Å². The van der Waals surface area contributed by atoms with Crippen LogP contribution in [0.2, 0.25) is 0 Å². The van der Waals surface area contributed by atoms with Crippen molar-refractivity contribution in [2.45, 2.75) is 38.5 Å². The Hall–Kier alpha value is -3.38. The number of rotatable bonds is 5. The number of anilines is 3. The number of benzene rings is 1. The summed E-state index contributed by atoms with van der Waals surface area (Å²) in [7, 11) is 0. The van der Waals surface area contributed by atoms with Crippen LogP contribution in [0.4, 0.5) is 35.3 Å². The minimum absolute atomic E-state index is 0.0659. The number of aliphatic hydroxyl groups excluding tert-OH is 1. The minimum Gasteiger partial charge on any atom is -0.383 e. The molecular weight excluding hydrogens is 515 g/mol. The normalized spacial score (nSPS) is 22.1. The number of pyridine rings is 1. The number of aryl methyl sites for hydroxylation is 1. The molecule has 0 spiro atoms. The lowest BCUT2D eigenvalue weighted by atomic mass is 10.00. The van der Waals surface area contributed by atoms with E-state index < -0.39 is 30.7 Å². The standard InChI is InChI=1S/C27H32F3N5O4/c1-17-2-3-20(31-26(38)34-6-4-18(16-34)15-27(28,29)30)14-21(17)19-12-23(33-8-10-39-11-9-33)32-24(13-19)35-7-5-22(36)25(35)37/h2-3,12-14,18,22,36H,4-11,15-16H2,1H3,(H,31,38). The van der Waals surface area contributed by atoms with Gasteiger partial charge in [0.15, 0.2) is 0 Å². The van der Waals surface area contributed by atoms with Crippen LogP contribution in [-0.4, -0.2) is 85.1 Å². The number of carbonyl (C=O) groups is 2. The fraction of sp³-hybridized carbons (Fsp3) is 0.519. The Labute approximate surface area is 224 Å².